The van der Waals surface area contributed by atoms with Crippen LogP contribution in [0, 0.1) is 15.9 Å². The molecule has 0 spiro atoms. The molecule has 9 heteroatoms. The molecule has 0 unspecified atom stereocenters. The van der Waals surface area contributed by atoms with E-state index < -0.39 is 10.7 Å². The number of pyridine rings is 1. The summed E-state index contributed by atoms with van der Waals surface area (Å²) in [6.45, 7) is 0.321. The molecule has 2 N–H and O–H groups in total. The van der Waals surface area contributed by atoms with Crippen molar-refractivity contribution >= 4 is 23.0 Å². The van der Waals surface area contributed by atoms with Gasteiger partial charge in [0, 0.05) is 24.6 Å². The lowest BCUT2D eigenvalue weighted by atomic mass is 10.3. The second-order valence-corrected chi connectivity index (χ2v) is 5.02. The van der Waals surface area contributed by atoms with E-state index in [1.165, 1.54) is 30.6 Å². The summed E-state index contributed by atoms with van der Waals surface area (Å²) in [6, 6.07) is 9.03. The summed E-state index contributed by atoms with van der Waals surface area (Å²) in [4.78, 5) is 22.8. The fourth-order valence-electron chi connectivity index (χ4n) is 2.13. The highest BCUT2D eigenvalue weighted by molar-refractivity contribution is 5.73. The predicted octanol–water partition coefficient (Wildman–Crippen LogP) is 3.27. The molecule has 0 atom stereocenters. The van der Waals surface area contributed by atoms with Crippen LogP contribution in [0.1, 0.15) is 5.56 Å². The lowest BCUT2D eigenvalue weighted by Crippen LogP contribution is -2.08. The van der Waals surface area contributed by atoms with Crippen LogP contribution >= 0.6 is 0 Å². The second-order valence-electron chi connectivity index (χ2n) is 5.02. The van der Waals surface area contributed by atoms with E-state index in [9.17, 15) is 14.5 Å². The standard InChI is InChI=1S/C16H13FN6O2/c17-12-3-5-13(6-4-12)22-16-14(23(24)25)15(20-10-21-16)19-9-11-2-1-7-18-8-11/h1-8,10H,9H2,(H2,19,20,21,22). The highest BCUT2D eigenvalue weighted by Gasteiger charge is 2.23. The van der Waals surface area contributed by atoms with Gasteiger partial charge in [-0.25, -0.2) is 14.4 Å². The predicted molar refractivity (Wildman–Crippen MR) is 89.9 cm³/mol. The van der Waals surface area contributed by atoms with Crippen LogP contribution in [-0.4, -0.2) is 19.9 Å². The van der Waals surface area contributed by atoms with E-state index in [0.717, 1.165) is 5.56 Å². The van der Waals surface area contributed by atoms with Crippen molar-refractivity contribution in [2.45, 2.75) is 6.54 Å². The van der Waals surface area contributed by atoms with Gasteiger partial charge in [0.05, 0.1) is 4.92 Å². The van der Waals surface area contributed by atoms with Crippen LogP contribution in [0.5, 0.6) is 0 Å². The summed E-state index contributed by atoms with van der Waals surface area (Å²) in [5.41, 5.74) is 1.03. The maximum atomic E-state index is 13.0. The number of nitrogens with zero attached hydrogens (tertiary/aromatic N) is 4. The Balaban J connectivity index is 1.86. The highest BCUT2D eigenvalue weighted by Crippen LogP contribution is 2.31. The molecule has 0 radical (unpaired) electrons. The summed E-state index contributed by atoms with van der Waals surface area (Å²) in [6.07, 6.45) is 4.50. The van der Waals surface area contributed by atoms with Gasteiger partial charge in [0.25, 0.3) is 0 Å². The first-order chi connectivity index (χ1) is 12.1. The van der Waals surface area contributed by atoms with E-state index in [1.807, 2.05) is 6.07 Å². The Morgan fingerprint density at radius 1 is 1.12 bits per heavy atom. The number of aromatic nitrogens is 3. The molecule has 2 aromatic heterocycles. The third kappa shape index (κ3) is 4.02. The largest absolute Gasteiger partial charge is 0.360 e. The Labute approximate surface area is 141 Å². The molecule has 2 heterocycles. The van der Waals surface area contributed by atoms with Gasteiger partial charge in [-0.05, 0) is 35.9 Å². The fraction of sp³-hybridized carbons (Fsp3) is 0.0625. The Morgan fingerprint density at radius 3 is 2.56 bits per heavy atom. The lowest BCUT2D eigenvalue weighted by molar-refractivity contribution is -0.383. The molecule has 0 saturated heterocycles. The van der Waals surface area contributed by atoms with Gasteiger partial charge < -0.3 is 10.6 Å². The Morgan fingerprint density at radius 2 is 1.88 bits per heavy atom. The SMILES string of the molecule is O=[N+]([O-])c1c(NCc2cccnc2)ncnc1Nc1ccc(F)cc1. The third-order valence-electron chi connectivity index (χ3n) is 3.29. The topological polar surface area (TPSA) is 106 Å². The number of nitro groups is 1. The van der Waals surface area contributed by atoms with Gasteiger partial charge in [0.1, 0.15) is 12.1 Å². The van der Waals surface area contributed by atoms with Gasteiger partial charge in [0.15, 0.2) is 0 Å². The van der Waals surface area contributed by atoms with E-state index in [4.69, 9.17) is 0 Å². The maximum Gasteiger partial charge on any atom is 0.353 e. The monoisotopic (exact) mass is 340 g/mol. The smallest absolute Gasteiger partial charge is 0.353 e. The summed E-state index contributed by atoms with van der Waals surface area (Å²) < 4.78 is 13.0. The first-order valence-electron chi connectivity index (χ1n) is 7.28. The first kappa shape index (κ1) is 16.2. The minimum absolute atomic E-state index is 0.0142. The summed E-state index contributed by atoms with van der Waals surface area (Å²) in [7, 11) is 0. The number of hydrogen-bond acceptors (Lipinski definition) is 7. The third-order valence-corrected chi connectivity index (χ3v) is 3.29. The van der Waals surface area contributed by atoms with E-state index in [-0.39, 0.29) is 17.3 Å². The number of hydrogen-bond donors (Lipinski definition) is 2. The van der Waals surface area contributed by atoms with Crippen LogP contribution in [0.3, 0.4) is 0 Å². The quantitative estimate of drug-likeness (QED) is 0.524. The van der Waals surface area contributed by atoms with E-state index >= 15 is 0 Å². The Bertz CT molecular complexity index is 874. The number of anilines is 3. The molecule has 8 nitrogen and oxygen atoms in total. The van der Waals surface area contributed by atoms with Crippen LogP contribution in [0.2, 0.25) is 0 Å². The Kier molecular flexibility index (Phi) is 4.74. The van der Waals surface area contributed by atoms with Crippen molar-refractivity contribution in [1.29, 1.82) is 0 Å². The molecule has 0 saturated carbocycles. The van der Waals surface area contributed by atoms with Gasteiger partial charge >= 0.3 is 5.69 Å². The van der Waals surface area contributed by atoms with Gasteiger partial charge in [-0.1, -0.05) is 6.07 Å². The maximum absolute atomic E-state index is 13.0. The fourth-order valence-corrected chi connectivity index (χ4v) is 2.13. The van der Waals surface area contributed by atoms with Crippen LogP contribution in [0.25, 0.3) is 0 Å². The number of halogens is 1. The van der Waals surface area contributed by atoms with Crippen molar-refractivity contribution in [2.24, 2.45) is 0 Å². The molecule has 0 bridgehead atoms. The molecular formula is C16H13FN6O2. The lowest BCUT2D eigenvalue weighted by Gasteiger charge is -2.10. The van der Waals surface area contributed by atoms with Gasteiger partial charge in [-0.3, -0.25) is 15.1 Å². The highest BCUT2D eigenvalue weighted by atomic mass is 19.1. The average Bonchev–Trinajstić information content (AvgIpc) is 2.62. The first-order valence-corrected chi connectivity index (χ1v) is 7.28. The van der Waals surface area contributed by atoms with Crippen molar-refractivity contribution in [3.05, 3.63) is 76.6 Å². The zero-order chi connectivity index (χ0) is 17.6. The molecule has 3 rings (SSSR count). The second kappa shape index (κ2) is 7.30. The van der Waals surface area contributed by atoms with Gasteiger partial charge in [-0.15, -0.1) is 0 Å². The molecule has 1 aromatic carbocycles. The normalized spacial score (nSPS) is 10.3. The number of benzene rings is 1. The van der Waals surface area contributed by atoms with Crippen molar-refractivity contribution in [1.82, 2.24) is 15.0 Å². The zero-order valence-corrected chi connectivity index (χ0v) is 12.9. The summed E-state index contributed by atoms with van der Waals surface area (Å²) in [5.74, 6) is -0.310. The number of nitrogens with one attached hydrogen (secondary N) is 2. The molecule has 3 aromatic rings. The molecule has 0 aliphatic heterocycles. The van der Waals surface area contributed by atoms with Crippen molar-refractivity contribution in [2.75, 3.05) is 10.6 Å². The van der Waals surface area contributed by atoms with E-state index in [0.29, 0.717) is 12.2 Å². The van der Waals surface area contributed by atoms with Crippen LogP contribution in [0.15, 0.2) is 55.1 Å². The van der Waals surface area contributed by atoms with Crippen LogP contribution in [-0.2, 0) is 6.54 Å². The zero-order valence-electron chi connectivity index (χ0n) is 12.9. The van der Waals surface area contributed by atoms with E-state index in [1.54, 1.807) is 18.5 Å². The molecule has 0 aliphatic rings. The van der Waals surface area contributed by atoms with Gasteiger partial charge in [-0.2, -0.15) is 0 Å². The molecule has 126 valence electrons. The minimum Gasteiger partial charge on any atom is -0.360 e. The summed E-state index contributed by atoms with van der Waals surface area (Å²) >= 11 is 0. The van der Waals surface area contributed by atoms with Crippen molar-refractivity contribution in [3.63, 3.8) is 0 Å². The van der Waals surface area contributed by atoms with Crippen molar-refractivity contribution < 1.29 is 9.31 Å². The van der Waals surface area contributed by atoms with Crippen molar-refractivity contribution in [3.8, 4) is 0 Å². The Hall–Kier alpha value is -3.62. The van der Waals surface area contributed by atoms with Crippen LogP contribution in [0.4, 0.5) is 27.4 Å². The molecule has 0 fully saturated rings. The molecule has 0 amide bonds. The number of rotatable bonds is 6. The van der Waals surface area contributed by atoms with Crippen LogP contribution < -0.4 is 10.6 Å². The molecule has 0 aliphatic carbocycles. The molecular weight excluding hydrogens is 327 g/mol. The average molecular weight is 340 g/mol. The minimum atomic E-state index is -0.572. The molecule has 25 heavy (non-hydrogen) atoms. The van der Waals surface area contributed by atoms with E-state index in [2.05, 4.69) is 25.6 Å². The van der Waals surface area contributed by atoms with Gasteiger partial charge in [0.2, 0.25) is 11.6 Å². The summed E-state index contributed by atoms with van der Waals surface area (Å²) in [5, 5.41) is 17.2.